The first-order valence-corrected chi connectivity index (χ1v) is 6.80. The third-order valence-corrected chi connectivity index (χ3v) is 3.89. The van der Waals surface area contributed by atoms with E-state index in [9.17, 15) is 19.2 Å². The Balaban J connectivity index is 2.13. The van der Waals surface area contributed by atoms with Crippen LogP contribution < -0.4 is 10.6 Å². The highest BCUT2D eigenvalue weighted by Gasteiger charge is 2.47. The minimum Gasteiger partial charge on any atom is -0.352 e. The van der Waals surface area contributed by atoms with Crippen LogP contribution in [-0.4, -0.2) is 64.3 Å². The zero-order valence-electron chi connectivity index (χ0n) is 12.6. The molecule has 0 aromatic rings. The highest BCUT2D eigenvalue weighted by molar-refractivity contribution is 6.08. The standard InChI is InChI=1S/C13H20N4O4/c1-12(2)10(20)16(11(21)15-12)7-8(18)17-6-5-14-9(19)13(17,3)4/h5-7H2,1-4H3,(H,14,19)(H,15,21). The second-order valence-electron chi connectivity index (χ2n) is 6.31. The van der Waals surface area contributed by atoms with Gasteiger partial charge < -0.3 is 15.5 Å². The van der Waals surface area contributed by atoms with Crippen LogP contribution in [0.15, 0.2) is 0 Å². The molecule has 0 unspecified atom stereocenters. The van der Waals surface area contributed by atoms with Gasteiger partial charge in [-0.15, -0.1) is 0 Å². The summed E-state index contributed by atoms with van der Waals surface area (Å²) in [5.41, 5.74) is -2.00. The Hall–Kier alpha value is -2.12. The van der Waals surface area contributed by atoms with Gasteiger partial charge >= 0.3 is 6.03 Å². The second-order valence-corrected chi connectivity index (χ2v) is 6.31. The lowest BCUT2D eigenvalue weighted by atomic mass is 9.98. The molecule has 21 heavy (non-hydrogen) atoms. The van der Waals surface area contributed by atoms with Crippen LogP contribution in [0.2, 0.25) is 0 Å². The number of carbonyl (C=O) groups is 4. The van der Waals surface area contributed by atoms with Crippen LogP contribution in [0.25, 0.3) is 0 Å². The molecule has 0 aromatic carbocycles. The Kier molecular flexibility index (Phi) is 3.43. The number of hydrogen-bond acceptors (Lipinski definition) is 4. The molecule has 2 aliphatic heterocycles. The molecule has 0 bridgehead atoms. The van der Waals surface area contributed by atoms with Crippen LogP contribution in [0, 0.1) is 0 Å². The first-order valence-electron chi connectivity index (χ1n) is 6.80. The molecular formula is C13H20N4O4. The number of nitrogens with one attached hydrogen (secondary N) is 2. The zero-order valence-corrected chi connectivity index (χ0v) is 12.6. The number of hydrogen-bond donors (Lipinski definition) is 2. The van der Waals surface area contributed by atoms with Crippen molar-refractivity contribution >= 4 is 23.8 Å². The first-order chi connectivity index (χ1) is 9.57. The molecule has 116 valence electrons. The first kappa shape index (κ1) is 15.3. The van der Waals surface area contributed by atoms with Crippen LogP contribution in [0.4, 0.5) is 4.79 Å². The molecule has 2 saturated heterocycles. The Morgan fingerprint density at radius 2 is 1.81 bits per heavy atom. The van der Waals surface area contributed by atoms with E-state index in [-0.39, 0.29) is 12.5 Å². The maximum absolute atomic E-state index is 12.4. The van der Waals surface area contributed by atoms with Crippen molar-refractivity contribution in [3.05, 3.63) is 0 Å². The Labute approximate surface area is 122 Å². The van der Waals surface area contributed by atoms with Crippen molar-refractivity contribution in [2.45, 2.75) is 38.8 Å². The Morgan fingerprint density at radius 3 is 2.33 bits per heavy atom. The van der Waals surface area contributed by atoms with Gasteiger partial charge in [-0.3, -0.25) is 19.3 Å². The van der Waals surface area contributed by atoms with Crippen molar-refractivity contribution in [1.29, 1.82) is 0 Å². The molecule has 0 saturated carbocycles. The zero-order chi connectivity index (χ0) is 16.0. The van der Waals surface area contributed by atoms with Gasteiger partial charge in [-0.25, -0.2) is 4.79 Å². The van der Waals surface area contributed by atoms with Crippen LogP contribution in [-0.2, 0) is 14.4 Å². The minimum absolute atomic E-state index is 0.250. The predicted octanol–water partition coefficient (Wildman–Crippen LogP) is -0.946. The molecule has 2 aliphatic rings. The average molecular weight is 296 g/mol. The third-order valence-electron chi connectivity index (χ3n) is 3.89. The van der Waals surface area contributed by atoms with Gasteiger partial charge in [0.2, 0.25) is 11.8 Å². The average Bonchev–Trinajstić information content (AvgIpc) is 2.55. The summed E-state index contributed by atoms with van der Waals surface area (Å²) in [7, 11) is 0. The number of piperazine rings is 1. The van der Waals surface area contributed by atoms with E-state index in [1.807, 2.05) is 0 Å². The molecule has 2 heterocycles. The van der Waals surface area contributed by atoms with E-state index < -0.39 is 28.9 Å². The van der Waals surface area contributed by atoms with Crippen LogP contribution in [0.1, 0.15) is 27.7 Å². The van der Waals surface area contributed by atoms with Gasteiger partial charge in [0.15, 0.2) is 0 Å². The van der Waals surface area contributed by atoms with Gasteiger partial charge in [0, 0.05) is 13.1 Å². The van der Waals surface area contributed by atoms with Crippen molar-refractivity contribution in [3.63, 3.8) is 0 Å². The van der Waals surface area contributed by atoms with Crippen molar-refractivity contribution in [3.8, 4) is 0 Å². The summed E-state index contributed by atoms with van der Waals surface area (Å²) >= 11 is 0. The highest BCUT2D eigenvalue weighted by Crippen LogP contribution is 2.20. The second kappa shape index (κ2) is 4.71. The SMILES string of the molecule is CC1(C)NC(=O)N(CC(=O)N2CCNC(=O)C2(C)C)C1=O. The van der Waals surface area contributed by atoms with Crippen molar-refractivity contribution in [1.82, 2.24) is 20.4 Å². The maximum atomic E-state index is 12.4. The van der Waals surface area contributed by atoms with E-state index in [0.717, 1.165) is 4.90 Å². The number of urea groups is 1. The summed E-state index contributed by atoms with van der Waals surface area (Å²) in [6.45, 7) is 6.78. The summed E-state index contributed by atoms with van der Waals surface area (Å²) in [4.78, 5) is 50.4. The number of amides is 5. The molecule has 0 radical (unpaired) electrons. The normalized spacial score (nSPS) is 23.9. The van der Waals surface area contributed by atoms with Gasteiger partial charge in [-0.05, 0) is 27.7 Å². The largest absolute Gasteiger partial charge is 0.352 e. The van der Waals surface area contributed by atoms with Crippen molar-refractivity contribution in [2.75, 3.05) is 19.6 Å². The molecule has 8 nitrogen and oxygen atoms in total. The van der Waals surface area contributed by atoms with Crippen LogP contribution in [0.5, 0.6) is 0 Å². The molecule has 0 atom stereocenters. The Bertz CT molecular complexity index is 526. The van der Waals surface area contributed by atoms with Crippen LogP contribution in [0.3, 0.4) is 0 Å². The lowest BCUT2D eigenvalue weighted by molar-refractivity contribution is -0.150. The summed E-state index contributed by atoms with van der Waals surface area (Å²) in [6, 6.07) is -0.586. The number of nitrogens with zero attached hydrogens (tertiary/aromatic N) is 2. The van der Waals surface area contributed by atoms with E-state index in [4.69, 9.17) is 0 Å². The molecule has 5 amide bonds. The van der Waals surface area contributed by atoms with Gasteiger partial charge in [-0.1, -0.05) is 0 Å². The highest BCUT2D eigenvalue weighted by atomic mass is 16.2. The van der Waals surface area contributed by atoms with E-state index >= 15 is 0 Å². The van der Waals surface area contributed by atoms with Gasteiger partial charge in [0.05, 0.1) is 0 Å². The smallest absolute Gasteiger partial charge is 0.325 e. The van der Waals surface area contributed by atoms with Crippen molar-refractivity contribution < 1.29 is 19.2 Å². The molecule has 2 N–H and O–H groups in total. The molecule has 2 rings (SSSR count). The number of carbonyl (C=O) groups excluding carboxylic acids is 4. The molecule has 0 spiro atoms. The van der Waals surface area contributed by atoms with E-state index in [1.165, 1.54) is 4.90 Å². The maximum Gasteiger partial charge on any atom is 0.325 e. The quantitative estimate of drug-likeness (QED) is 0.642. The topological polar surface area (TPSA) is 98.8 Å². The molecule has 0 aromatic heterocycles. The molecular weight excluding hydrogens is 276 g/mol. The lowest BCUT2D eigenvalue weighted by Crippen LogP contribution is -2.64. The fourth-order valence-corrected chi connectivity index (χ4v) is 2.52. The lowest BCUT2D eigenvalue weighted by Gasteiger charge is -2.41. The summed E-state index contributed by atoms with van der Waals surface area (Å²) in [5, 5.41) is 5.21. The molecule has 2 fully saturated rings. The number of imide groups is 1. The summed E-state index contributed by atoms with van der Waals surface area (Å²) in [5.74, 6) is -1.12. The Morgan fingerprint density at radius 1 is 1.19 bits per heavy atom. The van der Waals surface area contributed by atoms with Gasteiger partial charge in [-0.2, -0.15) is 0 Å². The molecule has 8 heteroatoms. The molecule has 0 aliphatic carbocycles. The van der Waals surface area contributed by atoms with E-state index in [2.05, 4.69) is 10.6 Å². The minimum atomic E-state index is -1.01. The van der Waals surface area contributed by atoms with Crippen molar-refractivity contribution in [2.24, 2.45) is 0 Å². The fourth-order valence-electron chi connectivity index (χ4n) is 2.52. The fraction of sp³-hybridized carbons (Fsp3) is 0.692. The summed E-state index contributed by atoms with van der Waals surface area (Å²) in [6.07, 6.45) is 0. The van der Waals surface area contributed by atoms with Gasteiger partial charge in [0.25, 0.3) is 5.91 Å². The number of rotatable bonds is 2. The van der Waals surface area contributed by atoms with Gasteiger partial charge in [0.1, 0.15) is 17.6 Å². The van der Waals surface area contributed by atoms with Crippen LogP contribution >= 0.6 is 0 Å². The monoisotopic (exact) mass is 296 g/mol. The third kappa shape index (κ3) is 2.45. The van der Waals surface area contributed by atoms with E-state index in [0.29, 0.717) is 13.1 Å². The van der Waals surface area contributed by atoms with E-state index in [1.54, 1.807) is 27.7 Å². The summed E-state index contributed by atoms with van der Waals surface area (Å²) < 4.78 is 0. The predicted molar refractivity (Wildman–Crippen MR) is 73.1 cm³/mol.